The van der Waals surface area contributed by atoms with E-state index in [1.165, 1.54) is 16.4 Å². The van der Waals surface area contributed by atoms with E-state index in [1.807, 2.05) is 73.0 Å². The number of thioether (sulfide) groups is 1. The number of hydrogen-bond donors (Lipinski definition) is 0. The first-order valence-corrected chi connectivity index (χ1v) is 13.5. The molecule has 0 saturated carbocycles. The van der Waals surface area contributed by atoms with Gasteiger partial charge in [0.05, 0.1) is 11.4 Å². The summed E-state index contributed by atoms with van der Waals surface area (Å²) in [5, 5.41) is 18.3. The Morgan fingerprint density at radius 2 is 1.71 bits per heavy atom. The molecule has 5 aromatic rings. The van der Waals surface area contributed by atoms with E-state index in [0.29, 0.717) is 22.2 Å². The fourth-order valence-electron chi connectivity index (χ4n) is 3.97. The fraction of sp³-hybridized carbons (Fsp3) is 0.111. The maximum Gasteiger partial charge on any atom is 0.211 e. The van der Waals surface area contributed by atoms with Gasteiger partial charge in [0.15, 0.2) is 11.0 Å². The number of carbonyl (C=O) groups is 1. The average Bonchev–Trinajstić information content (AvgIpc) is 3.51. The summed E-state index contributed by atoms with van der Waals surface area (Å²) in [5.74, 6) is 0.803. The summed E-state index contributed by atoms with van der Waals surface area (Å²) in [7, 11) is 0. The lowest BCUT2D eigenvalue weighted by molar-refractivity contribution is 0.103. The number of aryl methyl sites for hydroxylation is 1. The molecule has 0 fully saturated rings. The molecule has 11 heteroatoms. The minimum absolute atomic E-state index is 0.0821. The van der Waals surface area contributed by atoms with E-state index < -0.39 is 0 Å². The number of benzene rings is 3. The summed E-state index contributed by atoms with van der Waals surface area (Å²) in [6, 6.07) is 24.2. The summed E-state index contributed by atoms with van der Waals surface area (Å²) >= 11 is 4.94. The topological polar surface area (TPSA) is 114 Å². The van der Waals surface area contributed by atoms with Gasteiger partial charge in [-0.2, -0.15) is 5.10 Å². The Hall–Kier alpha value is -4.18. The van der Waals surface area contributed by atoms with Crippen molar-refractivity contribution in [2.45, 2.75) is 19.0 Å². The van der Waals surface area contributed by atoms with Crippen LogP contribution in [-0.4, -0.2) is 36.1 Å². The smallest absolute Gasteiger partial charge is 0.211 e. The van der Waals surface area contributed by atoms with Crippen LogP contribution in [0, 0.1) is 6.92 Å². The van der Waals surface area contributed by atoms with Crippen molar-refractivity contribution in [2.24, 2.45) is 5.11 Å². The highest BCUT2D eigenvalue weighted by Crippen LogP contribution is 2.38. The van der Waals surface area contributed by atoms with E-state index in [1.54, 1.807) is 24.3 Å². The average molecular weight is 585 g/mol. The van der Waals surface area contributed by atoms with Gasteiger partial charge in [-0.3, -0.25) is 9.36 Å². The molecule has 9 nitrogen and oxygen atoms in total. The van der Waals surface area contributed by atoms with Crippen LogP contribution in [0.4, 0.5) is 5.69 Å². The van der Waals surface area contributed by atoms with Gasteiger partial charge in [0.2, 0.25) is 5.78 Å². The van der Waals surface area contributed by atoms with Crippen molar-refractivity contribution in [3.63, 3.8) is 0 Å². The van der Waals surface area contributed by atoms with E-state index in [2.05, 4.69) is 36.2 Å². The van der Waals surface area contributed by atoms with Crippen molar-refractivity contribution in [1.29, 1.82) is 0 Å². The van der Waals surface area contributed by atoms with Gasteiger partial charge in [-0.1, -0.05) is 75.6 Å². The van der Waals surface area contributed by atoms with E-state index >= 15 is 0 Å². The highest BCUT2D eigenvalue weighted by Gasteiger charge is 2.29. The van der Waals surface area contributed by atoms with Crippen molar-refractivity contribution in [1.82, 2.24) is 24.5 Å². The Kier molecular flexibility index (Phi) is 7.41. The molecule has 0 N–H and O–H groups in total. The predicted molar refractivity (Wildman–Crippen MR) is 151 cm³/mol. The Balaban J connectivity index is 1.81. The number of carbonyl (C=O) groups excluding carboxylic acids is 1. The van der Waals surface area contributed by atoms with E-state index in [4.69, 9.17) is 5.10 Å². The zero-order valence-electron chi connectivity index (χ0n) is 20.5. The zero-order valence-corrected chi connectivity index (χ0v) is 22.9. The third-order valence-electron chi connectivity index (χ3n) is 5.74. The van der Waals surface area contributed by atoms with Crippen LogP contribution >= 0.6 is 27.7 Å². The fourth-order valence-corrected chi connectivity index (χ4v) is 4.91. The monoisotopic (exact) mass is 584 g/mol. The molecule has 0 bridgehead atoms. The number of nitrogens with zero attached hydrogens (tertiary/aromatic N) is 8. The first-order valence-electron chi connectivity index (χ1n) is 11.7. The van der Waals surface area contributed by atoms with Crippen LogP contribution < -0.4 is 0 Å². The first-order chi connectivity index (χ1) is 18.5. The molecule has 0 aliphatic carbocycles. The van der Waals surface area contributed by atoms with Crippen LogP contribution in [-0.2, 0) is 0 Å². The number of halogens is 1. The van der Waals surface area contributed by atoms with Gasteiger partial charge in [-0.05, 0) is 66.7 Å². The van der Waals surface area contributed by atoms with E-state index in [9.17, 15) is 10.3 Å². The van der Waals surface area contributed by atoms with Crippen LogP contribution in [0.15, 0.2) is 93.6 Å². The summed E-state index contributed by atoms with van der Waals surface area (Å²) in [5.41, 5.74) is 13.0. The van der Waals surface area contributed by atoms with Crippen LogP contribution in [0.5, 0.6) is 0 Å². The molecule has 3 aromatic carbocycles. The van der Waals surface area contributed by atoms with Crippen LogP contribution in [0.3, 0.4) is 0 Å². The lowest BCUT2D eigenvalue weighted by atomic mass is 10.1. The first kappa shape index (κ1) is 25.5. The largest absolute Gasteiger partial charge is 0.287 e. The van der Waals surface area contributed by atoms with Crippen molar-refractivity contribution < 1.29 is 4.79 Å². The number of hydrogen-bond acceptors (Lipinski definition) is 6. The van der Waals surface area contributed by atoms with Gasteiger partial charge < -0.3 is 0 Å². The van der Waals surface area contributed by atoms with E-state index in [-0.39, 0.29) is 22.9 Å². The van der Waals surface area contributed by atoms with Crippen molar-refractivity contribution in [3.05, 3.63) is 111 Å². The SMILES string of the molecule is CCSc1nnc(-c2nn(-c3ccc(C)cc3)c(C(=O)c3ccc(Br)cc3)c2N=[N+]=[N-])n1-c1ccccc1. The molecule has 0 atom stereocenters. The number of azide groups is 1. The number of ketones is 1. The molecule has 38 heavy (non-hydrogen) atoms. The molecule has 0 radical (unpaired) electrons. The lowest BCUT2D eigenvalue weighted by Gasteiger charge is -2.08. The number of para-hydroxylation sites is 1. The van der Waals surface area contributed by atoms with Crippen molar-refractivity contribution >= 4 is 39.2 Å². The van der Waals surface area contributed by atoms with Crippen molar-refractivity contribution in [2.75, 3.05) is 5.75 Å². The standard InChI is InChI=1S/C27H21BrN8OS/c1-3-38-27-32-31-26(35(27)20-7-5-4-6-8-20)23-22(30-34-29)24(25(37)18-11-13-19(28)14-12-18)36(33-23)21-15-9-17(2)10-16-21/h4-16H,3H2,1-2H3. The molecule has 0 spiro atoms. The summed E-state index contributed by atoms with van der Waals surface area (Å²) < 4.78 is 4.22. The van der Waals surface area contributed by atoms with Crippen LogP contribution in [0.1, 0.15) is 28.5 Å². The van der Waals surface area contributed by atoms with Crippen LogP contribution in [0.2, 0.25) is 0 Å². The molecule has 0 aliphatic heterocycles. The van der Waals surface area contributed by atoms with Gasteiger partial charge >= 0.3 is 0 Å². The molecule has 0 aliphatic rings. The zero-order chi connectivity index (χ0) is 26.6. The molecule has 0 unspecified atom stereocenters. The Morgan fingerprint density at radius 3 is 2.37 bits per heavy atom. The van der Waals surface area contributed by atoms with Gasteiger partial charge in [0.25, 0.3) is 0 Å². The van der Waals surface area contributed by atoms with Crippen LogP contribution in [0.25, 0.3) is 33.3 Å². The maximum atomic E-state index is 13.9. The van der Waals surface area contributed by atoms with Gasteiger partial charge in [0, 0.05) is 20.6 Å². The Morgan fingerprint density at radius 1 is 1.00 bits per heavy atom. The van der Waals surface area contributed by atoms with E-state index in [0.717, 1.165) is 21.5 Å². The highest BCUT2D eigenvalue weighted by atomic mass is 79.9. The second-order valence-corrected chi connectivity index (χ2v) is 10.4. The van der Waals surface area contributed by atoms with Crippen molar-refractivity contribution in [3.8, 4) is 22.9 Å². The van der Waals surface area contributed by atoms with Gasteiger partial charge in [-0.15, -0.1) is 10.2 Å². The normalized spacial score (nSPS) is 10.8. The minimum Gasteiger partial charge on any atom is -0.287 e. The minimum atomic E-state index is -0.340. The molecule has 0 amide bonds. The maximum absolute atomic E-state index is 13.9. The summed E-state index contributed by atoms with van der Waals surface area (Å²) in [4.78, 5) is 17.0. The molecule has 188 valence electrons. The molecular weight excluding hydrogens is 564 g/mol. The summed E-state index contributed by atoms with van der Waals surface area (Å²) in [6.45, 7) is 4.01. The summed E-state index contributed by atoms with van der Waals surface area (Å²) in [6.07, 6.45) is 0. The second-order valence-electron chi connectivity index (χ2n) is 8.23. The Labute approximate surface area is 231 Å². The predicted octanol–water partition coefficient (Wildman–Crippen LogP) is 7.48. The second kappa shape index (κ2) is 11.1. The third kappa shape index (κ3) is 4.87. The van der Waals surface area contributed by atoms with Gasteiger partial charge in [-0.25, -0.2) is 4.68 Å². The molecule has 5 rings (SSSR count). The molecular formula is C27H21BrN8OS. The highest BCUT2D eigenvalue weighted by molar-refractivity contribution is 9.10. The molecule has 2 heterocycles. The quantitative estimate of drug-likeness (QED) is 0.0616. The number of aromatic nitrogens is 5. The van der Waals surface area contributed by atoms with Gasteiger partial charge in [0.1, 0.15) is 11.4 Å². The lowest BCUT2D eigenvalue weighted by Crippen LogP contribution is -2.10. The molecule has 0 saturated heterocycles. The third-order valence-corrected chi connectivity index (χ3v) is 7.08. The number of rotatable bonds is 8. The Bertz CT molecular complexity index is 1650. The molecule has 2 aromatic heterocycles.